The Morgan fingerprint density at radius 3 is 2.52 bits per heavy atom. The van der Waals surface area contributed by atoms with Crippen LogP contribution in [-0.4, -0.2) is 39.5 Å². The normalized spacial score (nSPS) is 17.3. The zero-order valence-electron chi connectivity index (χ0n) is 12.5. The van der Waals surface area contributed by atoms with Gasteiger partial charge in [0.15, 0.2) is 9.84 Å². The summed E-state index contributed by atoms with van der Waals surface area (Å²) in [6.07, 6.45) is 2.20. The molecule has 0 bridgehead atoms. The van der Waals surface area contributed by atoms with E-state index in [0.717, 1.165) is 11.3 Å². The minimum absolute atomic E-state index is 0.00470. The summed E-state index contributed by atoms with van der Waals surface area (Å²) in [6.45, 7) is 1.97. The summed E-state index contributed by atoms with van der Waals surface area (Å²) in [7, 11) is -7.00. The summed E-state index contributed by atoms with van der Waals surface area (Å²) in [5.41, 5.74) is 0. The van der Waals surface area contributed by atoms with Crippen LogP contribution in [-0.2, 0) is 32.0 Å². The van der Waals surface area contributed by atoms with Gasteiger partial charge < -0.3 is 4.42 Å². The SMILES string of the molecule is CCc1ccc(S(=O)(=O)N2CC(S(=O)(=O)Cc3ccco3)C2)s1. The van der Waals surface area contributed by atoms with Gasteiger partial charge in [-0.1, -0.05) is 6.92 Å². The van der Waals surface area contributed by atoms with Crippen LogP contribution in [0, 0.1) is 0 Å². The van der Waals surface area contributed by atoms with Gasteiger partial charge in [-0.05, 0) is 30.7 Å². The smallest absolute Gasteiger partial charge is 0.252 e. The molecule has 2 aromatic rings. The maximum Gasteiger partial charge on any atom is 0.252 e. The van der Waals surface area contributed by atoms with Crippen molar-refractivity contribution in [3.8, 4) is 0 Å². The molecule has 1 fully saturated rings. The number of furan rings is 1. The Hall–Kier alpha value is -1.16. The van der Waals surface area contributed by atoms with Crippen LogP contribution in [0.4, 0.5) is 0 Å². The summed E-state index contributed by atoms with van der Waals surface area (Å²) >= 11 is 1.24. The highest BCUT2D eigenvalue weighted by Crippen LogP contribution is 2.30. The number of thiophene rings is 1. The molecule has 0 radical (unpaired) electrons. The predicted octanol–water partition coefficient (Wildman–Crippen LogP) is 1.89. The van der Waals surface area contributed by atoms with Crippen LogP contribution in [0.3, 0.4) is 0 Å². The van der Waals surface area contributed by atoms with Crippen molar-refractivity contribution < 1.29 is 21.3 Å². The quantitative estimate of drug-likeness (QED) is 0.770. The van der Waals surface area contributed by atoms with Crippen molar-refractivity contribution >= 4 is 31.2 Å². The minimum atomic E-state index is -3.58. The molecule has 1 saturated heterocycles. The summed E-state index contributed by atoms with van der Waals surface area (Å²) < 4.78 is 56.0. The van der Waals surface area contributed by atoms with Gasteiger partial charge in [0.2, 0.25) is 0 Å². The van der Waals surface area contributed by atoms with E-state index in [9.17, 15) is 16.8 Å². The van der Waals surface area contributed by atoms with Crippen LogP contribution >= 0.6 is 11.3 Å². The van der Waals surface area contributed by atoms with Gasteiger partial charge in [0.1, 0.15) is 15.7 Å². The Kier molecular flexibility index (Phi) is 4.39. The highest BCUT2D eigenvalue weighted by molar-refractivity contribution is 7.92. The molecule has 0 N–H and O–H groups in total. The number of hydrogen-bond acceptors (Lipinski definition) is 6. The predicted molar refractivity (Wildman–Crippen MR) is 87.6 cm³/mol. The van der Waals surface area contributed by atoms with E-state index in [0.29, 0.717) is 5.76 Å². The number of hydrogen-bond donors (Lipinski definition) is 0. The van der Waals surface area contributed by atoms with Gasteiger partial charge in [-0.2, -0.15) is 4.31 Å². The van der Waals surface area contributed by atoms with Gasteiger partial charge in [0, 0.05) is 18.0 Å². The monoisotopic (exact) mass is 375 g/mol. The second-order valence-corrected chi connectivity index (χ2v) is 11.0. The lowest BCUT2D eigenvalue weighted by molar-refractivity contribution is 0.310. The van der Waals surface area contributed by atoms with Crippen LogP contribution in [0.25, 0.3) is 0 Å². The van der Waals surface area contributed by atoms with Gasteiger partial charge in [-0.15, -0.1) is 11.3 Å². The topological polar surface area (TPSA) is 84.7 Å². The average molecular weight is 375 g/mol. The van der Waals surface area contributed by atoms with Crippen LogP contribution in [0.5, 0.6) is 0 Å². The summed E-state index contributed by atoms with van der Waals surface area (Å²) in [5.74, 6) is 0.175. The summed E-state index contributed by atoms with van der Waals surface area (Å²) in [4.78, 5) is 0.992. The largest absolute Gasteiger partial charge is 0.468 e. The molecule has 0 aromatic carbocycles. The van der Waals surface area contributed by atoms with E-state index in [-0.39, 0.29) is 23.1 Å². The van der Waals surface area contributed by atoms with E-state index in [4.69, 9.17) is 4.42 Å². The molecule has 126 valence electrons. The molecule has 0 saturated carbocycles. The Bertz CT molecular complexity index is 875. The van der Waals surface area contributed by atoms with Crippen LogP contribution in [0.2, 0.25) is 0 Å². The Morgan fingerprint density at radius 2 is 1.96 bits per heavy atom. The van der Waals surface area contributed by atoms with Crippen molar-refractivity contribution in [1.82, 2.24) is 4.31 Å². The number of sulfonamides is 1. The van der Waals surface area contributed by atoms with Crippen molar-refractivity contribution in [3.05, 3.63) is 41.2 Å². The number of aryl methyl sites for hydroxylation is 1. The fourth-order valence-electron chi connectivity index (χ4n) is 2.35. The van der Waals surface area contributed by atoms with Gasteiger partial charge in [0.25, 0.3) is 10.0 Å². The third-order valence-corrected chi connectivity index (χ3v) is 9.35. The number of rotatable bonds is 6. The van der Waals surface area contributed by atoms with E-state index >= 15 is 0 Å². The molecule has 1 aliphatic rings. The minimum Gasteiger partial charge on any atom is -0.468 e. The van der Waals surface area contributed by atoms with Gasteiger partial charge in [0.05, 0.1) is 11.5 Å². The lowest BCUT2D eigenvalue weighted by Gasteiger charge is -2.36. The zero-order chi connectivity index (χ0) is 16.7. The second-order valence-electron chi connectivity index (χ2n) is 5.40. The molecule has 0 amide bonds. The Labute approximate surface area is 139 Å². The van der Waals surface area contributed by atoms with Crippen molar-refractivity contribution in [1.29, 1.82) is 0 Å². The summed E-state index contributed by atoms with van der Waals surface area (Å²) in [6, 6.07) is 6.61. The molecule has 2 aromatic heterocycles. The fourth-order valence-corrected chi connectivity index (χ4v) is 7.13. The lowest BCUT2D eigenvalue weighted by atomic mass is 10.3. The molecule has 0 aliphatic carbocycles. The first-order valence-electron chi connectivity index (χ1n) is 7.16. The number of nitrogens with zero attached hydrogens (tertiary/aromatic N) is 1. The molecule has 0 atom stereocenters. The second kappa shape index (κ2) is 6.04. The molecule has 0 unspecified atom stereocenters. The molecule has 3 rings (SSSR count). The molecule has 9 heteroatoms. The molecule has 3 heterocycles. The first-order valence-corrected chi connectivity index (χ1v) is 11.1. The van der Waals surface area contributed by atoms with E-state index in [1.54, 1.807) is 24.3 Å². The third-order valence-electron chi connectivity index (χ3n) is 3.83. The van der Waals surface area contributed by atoms with Crippen molar-refractivity contribution in [3.63, 3.8) is 0 Å². The zero-order valence-corrected chi connectivity index (χ0v) is 15.0. The molecule has 0 spiro atoms. The van der Waals surface area contributed by atoms with Gasteiger partial charge in [-0.25, -0.2) is 16.8 Å². The lowest BCUT2D eigenvalue weighted by Crippen LogP contribution is -2.56. The van der Waals surface area contributed by atoms with Crippen LogP contribution in [0.1, 0.15) is 17.6 Å². The van der Waals surface area contributed by atoms with E-state index < -0.39 is 25.1 Å². The average Bonchev–Trinajstić information content (AvgIpc) is 3.05. The molecule has 1 aliphatic heterocycles. The first-order chi connectivity index (χ1) is 10.8. The third kappa shape index (κ3) is 3.23. The van der Waals surface area contributed by atoms with E-state index in [2.05, 4.69) is 0 Å². The molecular formula is C14H17NO5S3. The van der Waals surface area contributed by atoms with E-state index in [1.165, 1.54) is 21.9 Å². The number of sulfone groups is 1. The van der Waals surface area contributed by atoms with Gasteiger partial charge in [-0.3, -0.25) is 0 Å². The van der Waals surface area contributed by atoms with Crippen LogP contribution in [0.15, 0.2) is 39.2 Å². The highest BCUT2D eigenvalue weighted by Gasteiger charge is 2.44. The maximum absolute atomic E-state index is 12.5. The van der Waals surface area contributed by atoms with Gasteiger partial charge >= 0.3 is 0 Å². The highest BCUT2D eigenvalue weighted by atomic mass is 32.2. The Balaban J connectivity index is 1.68. The standard InChI is InChI=1S/C14H17NO5S3/c1-2-12-5-6-14(21-12)23(18,19)15-8-13(9-15)22(16,17)10-11-4-3-7-20-11/h3-7,13H,2,8-10H2,1H3. The first kappa shape index (κ1) is 16.7. The Morgan fingerprint density at radius 1 is 1.22 bits per heavy atom. The molecule has 6 nitrogen and oxygen atoms in total. The van der Waals surface area contributed by atoms with Crippen molar-refractivity contribution in [2.24, 2.45) is 0 Å². The fraction of sp³-hybridized carbons (Fsp3) is 0.429. The molecular weight excluding hydrogens is 358 g/mol. The van der Waals surface area contributed by atoms with Crippen molar-refractivity contribution in [2.75, 3.05) is 13.1 Å². The summed E-state index contributed by atoms with van der Waals surface area (Å²) in [5, 5.41) is -0.673. The van der Waals surface area contributed by atoms with E-state index in [1.807, 2.05) is 6.92 Å². The molecule has 23 heavy (non-hydrogen) atoms. The van der Waals surface area contributed by atoms with Crippen molar-refractivity contribution in [2.45, 2.75) is 28.6 Å². The van der Waals surface area contributed by atoms with Crippen LogP contribution < -0.4 is 0 Å². The maximum atomic E-state index is 12.5.